The molecule has 0 aromatic heterocycles. The van der Waals surface area contributed by atoms with Crippen molar-refractivity contribution in [2.24, 2.45) is 0 Å². The number of alkyl carbamates (subject to hydrolysis) is 1. The number of ether oxygens (including phenoxy) is 1. The van der Waals surface area contributed by atoms with Gasteiger partial charge in [0.1, 0.15) is 18.0 Å². The fourth-order valence-corrected chi connectivity index (χ4v) is 3.87. The molecule has 3 rings (SSSR count). The summed E-state index contributed by atoms with van der Waals surface area (Å²) < 4.78 is 78.1. The topological polar surface area (TPSA) is 128 Å². The molecule has 0 saturated carbocycles. The van der Waals surface area contributed by atoms with Crippen LogP contribution in [0.3, 0.4) is 0 Å². The molecule has 0 fully saturated rings. The molecule has 1 aliphatic carbocycles. The molecule has 0 spiro atoms. The van der Waals surface area contributed by atoms with E-state index in [1.165, 1.54) is 12.1 Å². The van der Waals surface area contributed by atoms with E-state index in [-0.39, 0.29) is 5.82 Å². The number of rotatable bonds is 4. The van der Waals surface area contributed by atoms with E-state index in [1.54, 1.807) is 32.9 Å². The first-order valence-electron chi connectivity index (χ1n) is 11.7. The maximum atomic E-state index is 13.2. The lowest BCUT2D eigenvalue weighted by Gasteiger charge is -2.23. The zero-order chi connectivity index (χ0) is 29.8. The number of hydrogen-bond acceptors (Lipinski definition) is 5. The molecule has 4 N–H and O–H groups in total. The number of hydrogen-bond donors (Lipinski definition) is 4. The van der Waals surface area contributed by atoms with Crippen LogP contribution in [0.5, 0.6) is 0 Å². The monoisotopic (exact) mass is 578 g/mol. The normalized spacial score (nSPS) is 17.8. The zero-order valence-electron chi connectivity index (χ0n) is 22.0. The smallest absolute Gasteiger partial charge is 0.444 e. The number of benzene rings is 2. The number of halogens is 4. The summed E-state index contributed by atoms with van der Waals surface area (Å²) in [6, 6.07) is 11.9. The van der Waals surface area contributed by atoms with Gasteiger partial charge in [0.15, 0.2) is 0 Å². The lowest BCUT2D eigenvalue weighted by molar-refractivity contribution is -0.515. The molecule has 2 aromatic rings. The van der Waals surface area contributed by atoms with Crippen molar-refractivity contribution in [3.05, 3.63) is 70.5 Å². The Labute approximate surface area is 224 Å². The number of amidine groups is 1. The fourth-order valence-electron chi connectivity index (χ4n) is 3.87. The van der Waals surface area contributed by atoms with Gasteiger partial charge in [-0.15, -0.1) is 0 Å². The molecule has 0 bridgehead atoms. The van der Waals surface area contributed by atoms with E-state index < -0.39 is 39.5 Å². The lowest BCUT2D eigenvalue weighted by atomic mass is 10.0. The van der Waals surface area contributed by atoms with Gasteiger partial charge in [-0.3, -0.25) is 14.4 Å². The maximum absolute atomic E-state index is 13.2. The van der Waals surface area contributed by atoms with Gasteiger partial charge in [0, 0.05) is 6.42 Å². The largest absolute Gasteiger partial charge is 0.522 e. The summed E-state index contributed by atoms with van der Waals surface area (Å²) in [7, 11) is -2.05. The third kappa shape index (κ3) is 9.18. The van der Waals surface area contributed by atoms with Crippen LogP contribution >= 0.6 is 0 Å². The van der Waals surface area contributed by atoms with Gasteiger partial charge in [0.2, 0.25) is 0 Å². The second kappa shape index (κ2) is 12.3. The third-order valence-corrected chi connectivity index (χ3v) is 6.07. The van der Waals surface area contributed by atoms with Crippen LogP contribution in [0.4, 0.5) is 22.4 Å². The minimum Gasteiger partial charge on any atom is -0.444 e. The Hall–Kier alpha value is -3.23. The maximum Gasteiger partial charge on any atom is 0.522 e. The molecule has 2 aromatic carbocycles. The number of aliphatic hydroxyl groups is 1. The highest BCUT2D eigenvalue weighted by atomic mass is 32.2. The van der Waals surface area contributed by atoms with Crippen molar-refractivity contribution in [1.29, 1.82) is 0 Å². The molecule has 1 aliphatic rings. The van der Waals surface area contributed by atoms with E-state index in [4.69, 9.17) is 17.7 Å². The third-order valence-electron chi connectivity index (χ3n) is 5.48. The average Bonchev–Trinajstić information content (AvgIpc) is 3.08. The minimum atomic E-state index is -5.84. The van der Waals surface area contributed by atoms with E-state index in [0.29, 0.717) is 13.0 Å². The predicted octanol–water partition coefficient (Wildman–Crippen LogP) is 3.51. The van der Waals surface area contributed by atoms with E-state index in [9.17, 15) is 27.5 Å². The number of alkyl halides is 3. The highest BCUT2D eigenvalue weighted by Crippen LogP contribution is 2.32. The van der Waals surface area contributed by atoms with Gasteiger partial charge in [0.05, 0.1) is 31.8 Å². The molecule has 9 nitrogen and oxygen atoms in total. The van der Waals surface area contributed by atoms with E-state index in [0.717, 1.165) is 28.1 Å². The summed E-state index contributed by atoms with van der Waals surface area (Å²) in [6.07, 6.45) is -0.801. The van der Waals surface area contributed by atoms with Crippen molar-refractivity contribution in [2.45, 2.75) is 57.0 Å². The Morgan fingerprint density at radius 3 is 2.18 bits per heavy atom. The van der Waals surface area contributed by atoms with Gasteiger partial charge in [-0.25, -0.2) is 9.18 Å². The molecule has 0 heterocycles. The van der Waals surface area contributed by atoms with Crippen LogP contribution in [0, 0.1) is 5.82 Å². The Bertz CT molecular complexity index is 1310. The predicted molar refractivity (Wildman–Crippen MR) is 135 cm³/mol. The van der Waals surface area contributed by atoms with Gasteiger partial charge in [-0.1, -0.05) is 18.2 Å². The van der Waals surface area contributed by atoms with Crippen molar-refractivity contribution >= 4 is 22.0 Å². The molecule has 2 atom stereocenters. The van der Waals surface area contributed by atoms with Crippen LogP contribution in [0.2, 0.25) is 0 Å². The molecular weight excluding hydrogens is 546 g/mol. The molecule has 0 radical (unpaired) electrons. The van der Waals surface area contributed by atoms with E-state index in [2.05, 4.69) is 10.6 Å². The van der Waals surface area contributed by atoms with Gasteiger partial charge in [0.25, 0.3) is 5.84 Å². The average molecular weight is 579 g/mol. The lowest BCUT2D eigenvalue weighted by Crippen LogP contribution is -2.38. The van der Waals surface area contributed by atoms with E-state index in [1.807, 2.05) is 36.9 Å². The standard InChI is InChI=1S/C24H30FN3O3.CHF3O3S/c1-24(2,3)31-23(30)27-21-19-12-17(9-8-16(19)13-20(21)29)22(26-4)28(5)14-15-6-10-18(25)11-7-15;2-1(3,4)8(5,6)7/h6-12,20-21,29H,13-14H2,1-5H3,(H,27,30);(H,5,6,7)/p+1/t20-,21?;/m1./s1. The number of fused-ring (bicyclic) bond motifs is 1. The number of carbonyl (C=O) groups excluding carboxylic acids is 1. The van der Waals surface area contributed by atoms with E-state index >= 15 is 0 Å². The van der Waals surface area contributed by atoms with Gasteiger partial charge in [-0.2, -0.15) is 21.6 Å². The summed E-state index contributed by atoms with van der Waals surface area (Å²) in [5, 5.41) is 16.6. The first-order chi connectivity index (χ1) is 17.8. The Kier molecular flexibility index (Phi) is 10.1. The Balaban J connectivity index is 0.000000580. The molecule has 216 valence electrons. The highest BCUT2D eigenvalue weighted by molar-refractivity contribution is 7.86. The first-order valence-corrected chi connectivity index (χ1v) is 13.1. The van der Waals surface area contributed by atoms with Crippen LogP contribution in [-0.4, -0.2) is 65.9 Å². The quantitative estimate of drug-likeness (QED) is 0.109. The number of aliphatic hydroxyl groups excluding tert-OH is 1. The molecular formula is C25H32F4N3O6S+. The number of carbonyl (C=O) groups is 1. The van der Waals surface area contributed by atoms with Crippen LogP contribution < -0.4 is 10.6 Å². The second-order valence-corrected chi connectivity index (χ2v) is 11.2. The fraction of sp³-hybridized carbons (Fsp3) is 0.440. The van der Waals surface area contributed by atoms with Gasteiger partial charge >= 0.3 is 21.7 Å². The van der Waals surface area contributed by atoms with Crippen molar-refractivity contribution in [3.8, 4) is 0 Å². The van der Waals surface area contributed by atoms with Crippen molar-refractivity contribution in [2.75, 3.05) is 14.1 Å². The van der Waals surface area contributed by atoms with Crippen molar-refractivity contribution in [1.82, 2.24) is 10.6 Å². The number of nitrogens with one attached hydrogen (secondary N) is 2. The summed E-state index contributed by atoms with van der Waals surface area (Å²) in [5.74, 6) is 0.620. The van der Waals surface area contributed by atoms with Crippen LogP contribution in [-0.2, 0) is 27.8 Å². The molecule has 0 aliphatic heterocycles. The Morgan fingerprint density at radius 2 is 1.69 bits per heavy atom. The SMILES string of the molecule is CNC(c1ccc2c(c1)C(NC(=O)OC(C)(C)C)[C@H](O)C2)=[N+](C)Cc1ccc(F)cc1.O=S(=O)(O)C(F)(F)F. The molecule has 1 unspecified atom stereocenters. The molecule has 1 amide bonds. The molecule has 39 heavy (non-hydrogen) atoms. The van der Waals surface area contributed by atoms with Crippen molar-refractivity contribution < 1.29 is 49.7 Å². The Morgan fingerprint density at radius 1 is 1.13 bits per heavy atom. The molecule has 14 heteroatoms. The number of nitrogens with zero attached hydrogens (tertiary/aromatic N) is 1. The van der Waals surface area contributed by atoms with Gasteiger partial charge < -0.3 is 15.2 Å². The van der Waals surface area contributed by atoms with Crippen LogP contribution in [0.1, 0.15) is 49.1 Å². The van der Waals surface area contributed by atoms with Crippen LogP contribution in [0.15, 0.2) is 42.5 Å². The molecule has 0 saturated heterocycles. The summed E-state index contributed by atoms with van der Waals surface area (Å²) >= 11 is 0. The minimum absolute atomic E-state index is 0.259. The summed E-state index contributed by atoms with van der Waals surface area (Å²) in [4.78, 5) is 12.3. The second-order valence-electron chi connectivity index (χ2n) is 9.81. The van der Waals surface area contributed by atoms with Crippen molar-refractivity contribution in [3.63, 3.8) is 0 Å². The zero-order valence-corrected chi connectivity index (χ0v) is 22.8. The van der Waals surface area contributed by atoms with Gasteiger partial charge in [-0.05, 0) is 61.7 Å². The number of amides is 1. The first kappa shape index (κ1) is 32.0. The summed E-state index contributed by atoms with van der Waals surface area (Å²) in [6.45, 7) is 5.99. The van der Waals surface area contributed by atoms with Crippen LogP contribution in [0.25, 0.3) is 0 Å². The highest BCUT2D eigenvalue weighted by Gasteiger charge is 2.44. The summed E-state index contributed by atoms with van der Waals surface area (Å²) in [5.41, 5.74) is -2.37.